The Morgan fingerprint density at radius 3 is 3.06 bits per heavy atom. The first kappa shape index (κ1) is 10.6. The fraction of sp³-hybridized carbons (Fsp3) is 0.143. The number of hydrogen-bond donors (Lipinski definition) is 1. The summed E-state index contributed by atoms with van der Waals surface area (Å²) in [5.41, 5.74) is 9.12. The fourth-order valence-corrected chi connectivity index (χ4v) is 2.19. The van der Waals surface area contributed by atoms with Gasteiger partial charge in [-0.25, -0.2) is 4.98 Å². The average Bonchev–Trinajstić information content (AvgIpc) is 2.85. The first-order valence-corrected chi connectivity index (χ1v) is 5.70. The first-order chi connectivity index (χ1) is 8.79. The third kappa shape index (κ3) is 1.57. The van der Waals surface area contributed by atoms with Gasteiger partial charge in [0.1, 0.15) is 23.2 Å². The van der Waals surface area contributed by atoms with Crippen molar-refractivity contribution in [1.82, 2.24) is 4.98 Å². The number of fused-ring (bicyclic) bond motifs is 1. The predicted molar refractivity (Wildman–Crippen MR) is 68.0 cm³/mol. The first-order valence-electron chi connectivity index (χ1n) is 5.70. The number of aromatic nitrogens is 1. The van der Waals surface area contributed by atoms with E-state index in [1.54, 1.807) is 6.20 Å². The van der Waals surface area contributed by atoms with Crippen molar-refractivity contribution in [2.75, 3.05) is 12.3 Å². The van der Waals surface area contributed by atoms with Crippen LogP contribution in [0.25, 0.3) is 11.1 Å². The number of nitriles is 1. The largest absolute Gasteiger partial charge is 0.493 e. The molecule has 1 aromatic heterocycles. The molecule has 0 saturated carbocycles. The number of benzene rings is 1. The van der Waals surface area contributed by atoms with Crippen molar-refractivity contribution < 1.29 is 4.74 Å². The summed E-state index contributed by atoms with van der Waals surface area (Å²) < 4.78 is 5.47. The zero-order valence-corrected chi connectivity index (χ0v) is 9.68. The van der Waals surface area contributed by atoms with Gasteiger partial charge in [-0.15, -0.1) is 0 Å². The van der Waals surface area contributed by atoms with Crippen molar-refractivity contribution in [3.05, 3.63) is 41.6 Å². The van der Waals surface area contributed by atoms with Crippen LogP contribution in [0.4, 0.5) is 5.82 Å². The van der Waals surface area contributed by atoms with Crippen LogP contribution in [-0.2, 0) is 6.42 Å². The molecule has 1 aliphatic heterocycles. The van der Waals surface area contributed by atoms with Gasteiger partial charge >= 0.3 is 0 Å². The van der Waals surface area contributed by atoms with Crippen LogP contribution in [0.1, 0.15) is 11.1 Å². The van der Waals surface area contributed by atoms with Crippen LogP contribution in [0, 0.1) is 11.3 Å². The van der Waals surface area contributed by atoms with E-state index in [-0.39, 0.29) is 5.82 Å². The highest BCUT2D eigenvalue weighted by Gasteiger charge is 2.15. The lowest BCUT2D eigenvalue weighted by Gasteiger charge is -2.07. The number of nitrogen functional groups attached to an aromatic ring is 1. The van der Waals surface area contributed by atoms with Crippen LogP contribution < -0.4 is 10.5 Å². The maximum Gasteiger partial charge on any atom is 0.141 e. The Bertz CT molecular complexity index is 659. The van der Waals surface area contributed by atoms with Crippen molar-refractivity contribution in [2.24, 2.45) is 0 Å². The predicted octanol–water partition coefficient (Wildman–Crippen LogP) is 2.14. The molecule has 88 valence electrons. The molecule has 3 rings (SSSR count). The van der Waals surface area contributed by atoms with Crippen LogP contribution in [0.2, 0.25) is 0 Å². The van der Waals surface area contributed by atoms with Crippen LogP contribution >= 0.6 is 0 Å². The maximum atomic E-state index is 9.16. The van der Waals surface area contributed by atoms with E-state index in [2.05, 4.69) is 17.1 Å². The Labute approximate surface area is 105 Å². The molecule has 0 atom stereocenters. The molecule has 0 saturated heterocycles. The van der Waals surface area contributed by atoms with Crippen molar-refractivity contribution in [3.8, 4) is 22.9 Å². The third-order valence-electron chi connectivity index (χ3n) is 3.09. The normalized spacial score (nSPS) is 12.6. The van der Waals surface area contributed by atoms with E-state index in [0.29, 0.717) is 5.56 Å². The van der Waals surface area contributed by atoms with Gasteiger partial charge in [0.05, 0.1) is 6.61 Å². The highest BCUT2D eigenvalue weighted by atomic mass is 16.5. The zero-order chi connectivity index (χ0) is 12.5. The lowest BCUT2D eigenvalue weighted by molar-refractivity contribution is 0.357. The molecule has 0 aliphatic carbocycles. The second-order valence-electron chi connectivity index (χ2n) is 4.15. The Morgan fingerprint density at radius 2 is 2.22 bits per heavy atom. The average molecular weight is 237 g/mol. The highest BCUT2D eigenvalue weighted by Crippen LogP contribution is 2.32. The number of ether oxygens (including phenoxy) is 1. The summed E-state index contributed by atoms with van der Waals surface area (Å²) in [6, 6.07) is 9.86. The minimum atomic E-state index is 0.270. The summed E-state index contributed by atoms with van der Waals surface area (Å²) in [7, 11) is 0. The van der Waals surface area contributed by atoms with E-state index in [9.17, 15) is 0 Å². The van der Waals surface area contributed by atoms with Crippen LogP contribution in [-0.4, -0.2) is 11.6 Å². The van der Waals surface area contributed by atoms with Crippen molar-refractivity contribution in [3.63, 3.8) is 0 Å². The van der Waals surface area contributed by atoms with E-state index < -0.39 is 0 Å². The highest BCUT2D eigenvalue weighted by molar-refractivity contribution is 5.76. The molecule has 1 aromatic carbocycles. The topological polar surface area (TPSA) is 71.9 Å². The minimum Gasteiger partial charge on any atom is -0.493 e. The number of nitrogens with two attached hydrogens (primary N) is 1. The molecule has 0 amide bonds. The molecule has 0 spiro atoms. The Hall–Kier alpha value is -2.54. The van der Waals surface area contributed by atoms with Gasteiger partial charge in [-0.05, 0) is 29.3 Å². The fourth-order valence-electron chi connectivity index (χ4n) is 2.19. The van der Waals surface area contributed by atoms with Gasteiger partial charge < -0.3 is 10.5 Å². The molecule has 1 aliphatic rings. The molecular formula is C14H11N3O. The van der Waals surface area contributed by atoms with E-state index >= 15 is 0 Å². The van der Waals surface area contributed by atoms with E-state index in [0.717, 1.165) is 29.9 Å². The van der Waals surface area contributed by atoms with Crippen LogP contribution in [0.3, 0.4) is 0 Å². The summed E-state index contributed by atoms with van der Waals surface area (Å²) in [6.07, 6.45) is 2.53. The summed E-state index contributed by atoms with van der Waals surface area (Å²) in [6.45, 7) is 0.725. The molecule has 0 fully saturated rings. The zero-order valence-electron chi connectivity index (χ0n) is 9.68. The summed E-state index contributed by atoms with van der Waals surface area (Å²) in [5, 5.41) is 9.16. The van der Waals surface area contributed by atoms with Crippen molar-refractivity contribution >= 4 is 5.82 Å². The molecule has 2 heterocycles. The monoisotopic (exact) mass is 237 g/mol. The summed E-state index contributed by atoms with van der Waals surface area (Å²) in [5.74, 6) is 1.20. The van der Waals surface area contributed by atoms with Crippen molar-refractivity contribution in [1.29, 1.82) is 5.26 Å². The number of pyridine rings is 1. The molecule has 0 radical (unpaired) electrons. The lowest BCUT2D eigenvalue weighted by Crippen LogP contribution is -1.96. The molecule has 4 heteroatoms. The second-order valence-corrected chi connectivity index (χ2v) is 4.15. The van der Waals surface area contributed by atoms with E-state index in [1.165, 1.54) is 5.56 Å². The van der Waals surface area contributed by atoms with Gasteiger partial charge in [-0.2, -0.15) is 5.26 Å². The van der Waals surface area contributed by atoms with Gasteiger partial charge in [0.15, 0.2) is 0 Å². The SMILES string of the molecule is N#Cc1c(-c2ccc3c(c2)CCO3)ccnc1N. The standard InChI is InChI=1S/C14H11N3O/c15-8-12-11(3-5-17-14(12)16)9-1-2-13-10(7-9)4-6-18-13/h1-3,5,7H,4,6H2,(H2,16,17). The third-order valence-corrected chi connectivity index (χ3v) is 3.09. The molecule has 2 N–H and O–H groups in total. The van der Waals surface area contributed by atoms with Gasteiger partial charge in [-0.1, -0.05) is 6.07 Å². The minimum absolute atomic E-state index is 0.270. The molecule has 18 heavy (non-hydrogen) atoms. The number of nitrogens with zero attached hydrogens (tertiary/aromatic N) is 2. The number of hydrogen-bond acceptors (Lipinski definition) is 4. The van der Waals surface area contributed by atoms with E-state index in [4.69, 9.17) is 15.7 Å². The van der Waals surface area contributed by atoms with Gasteiger partial charge in [0.25, 0.3) is 0 Å². The number of anilines is 1. The quantitative estimate of drug-likeness (QED) is 0.824. The van der Waals surface area contributed by atoms with Crippen LogP contribution in [0.15, 0.2) is 30.5 Å². The van der Waals surface area contributed by atoms with Gasteiger partial charge in [-0.3, -0.25) is 0 Å². The van der Waals surface area contributed by atoms with Gasteiger partial charge in [0.2, 0.25) is 0 Å². The molecule has 2 aromatic rings. The van der Waals surface area contributed by atoms with Crippen LogP contribution in [0.5, 0.6) is 5.75 Å². The smallest absolute Gasteiger partial charge is 0.141 e. The molecule has 4 nitrogen and oxygen atoms in total. The molecule has 0 unspecified atom stereocenters. The van der Waals surface area contributed by atoms with Gasteiger partial charge in [0, 0.05) is 18.2 Å². The Morgan fingerprint density at radius 1 is 1.33 bits per heavy atom. The second kappa shape index (κ2) is 4.04. The lowest BCUT2D eigenvalue weighted by atomic mass is 9.99. The summed E-state index contributed by atoms with van der Waals surface area (Å²) >= 11 is 0. The number of rotatable bonds is 1. The van der Waals surface area contributed by atoms with Crippen molar-refractivity contribution in [2.45, 2.75) is 6.42 Å². The van der Waals surface area contributed by atoms with E-state index in [1.807, 2.05) is 18.2 Å². The molecular weight excluding hydrogens is 226 g/mol. The Kier molecular flexibility index (Phi) is 2.38. The molecule has 0 bridgehead atoms. The Balaban J connectivity index is 2.16. The maximum absolute atomic E-state index is 9.16. The summed E-state index contributed by atoms with van der Waals surface area (Å²) in [4.78, 5) is 3.94.